The minimum atomic E-state index is -0.335. The number of ether oxygens (including phenoxy) is 2. The molecule has 0 radical (unpaired) electrons. The lowest BCUT2D eigenvalue weighted by molar-refractivity contribution is -0.0330. The van der Waals surface area contributed by atoms with Crippen molar-refractivity contribution >= 4 is 17.3 Å². The Morgan fingerprint density at radius 3 is 3.07 bits per heavy atom. The van der Waals surface area contributed by atoms with E-state index >= 15 is 0 Å². The lowest BCUT2D eigenvalue weighted by Gasteiger charge is -2.31. The predicted molar refractivity (Wildman–Crippen MR) is 100 cm³/mol. The summed E-state index contributed by atoms with van der Waals surface area (Å²) in [6, 6.07) is 9.74. The molecule has 0 unspecified atom stereocenters. The summed E-state index contributed by atoms with van der Waals surface area (Å²) in [5.41, 5.74) is 4.86. The Balaban J connectivity index is 1.41. The van der Waals surface area contributed by atoms with Crippen LogP contribution in [0.25, 0.3) is 11.2 Å². The van der Waals surface area contributed by atoms with Crippen molar-refractivity contribution in [3.05, 3.63) is 59.0 Å². The summed E-state index contributed by atoms with van der Waals surface area (Å²) in [6.07, 6.45) is 1.06. The molecule has 1 fully saturated rings. The second-order valence-electron chi connectivity index (χ2n) is 6.71. The minimum absolute atomic E-state index is 0.267. The highest BCUT2D eigenvalue weighted by Crippen LogP contribution is 2.23. The molecule has 7 heteroatoms. The van der Waals surface area contributed by atoms with Crippen molar-refractivity contribution in [2.24, 2.45) is 0 Å². The number of carbonyl (C=O) groups is 1. The van der Waals surface area contributed by atoms with Gasteiger partial charge in [-0.2, -0.15) is 0 Å². The minimum Gasteiger partial charge on any atom is -0.445 e. The zero-order valence-electron chi connectivity index (χ0n) is 15.4. The normalized spacial score (nSPS) is 17.3. The van der Waals surface area contributed by atoms with Gasteiger partial charge in [-0.1, -0.05) is 18.2 Å². The fraction of sp³-hybridized carbons (Fsp3) is 0.350. The first kappa shape index (κ1) is 17.5. The predicted octanol–water partition coefficient (Wildman–Crippen LogP) is 3.28. The van der Waals surface area contributed by atoms with Gasteiger partial charge < -0.3 is 19.4 Å². The molecule has 0 saturated carbocycles. The number of hydrogen-bond acceptors (Lipinski definition) is 5. The zero-order valence-corrected chi connectivity index (χ0v) is 15.4. The second-order valence-corrected chi connectivity index (χ2v) is 6.71. The Bertz CT molecular complexity index is 936. The van der Waals surface area contributed by atoms with Crippen LogP contribution in [-0.4, -0.2) is 45.6 Å². The van der Waals surface area contributed by atoms with Crippen molar-refractivity contribution in [1.82, 2.24) is 19.9 Å². The average molecular weight is 366 g/mol. The van der Waals surface area contributed by atoms with Crippen molar-refractivity contribution in [3.8, 4) is 0 Å². The van der Waals surface area contributed by atoms with Crippen molar-refractivity contribution in [2.45, 2.75) is 26.6 Å². The van der Waals surface area contributed by atoms with Crippen LogP contribution < -0.4 is 0 Å². The molecule has 1 aromatic carbocycles. The Labute approximate surface area is 157 Å². The van der Waals surface area contributed by atoms with Crippen LogP contribution in [0.3, 0.4) is 0 Å². The number of fused-ring (bicyclic) bond motifs is 1. The van der Waals surface area contributed by atoms with Crippen molar-refractivity contribution in [3.63, 3.8) is 0 Å². The zero-order chi connectivity index (χ0) is 18.8. The number of imidazole rings is 1. The number of aryl methyl sites for hydroxylation is 1. The number of nitrogens with one attached hydrogen (secondary N) is 1. The van der Waals surface area contributed by atoms with Crippen LogP contribution in [0.4, 0.5) is 4.79 Å². The third-order valence-corrected chi connectivity index (χ3v) is 4.97. The van der Waals surface area contributed by atoms with Gasteiger partial charge in [-0.05, 0) is 42.7 Å². The number of aromatic nitrogens is 3. The second kappa shape index (κ2) is 7.36. The molecule has 1 amide bonds. The van der Waals surface area contributed by atoms with E-state index in [0.29, 0.717) is 31.2 Å². The fourth-order valence-electron chi connectivity index (χ4n) is 3.19. The number of carbonyl (C=O) groups excluding carboxylic acids is 1. The Morgan fingerprint density at radius 2 is 2.22 bits per heavy atom. The van der Waals surface area contributed by atoms with Crippen LogP contribution in [0.1, 0.15) is 28.6 Å². The lowest BCUT2D eigenvalue weighted by atomic mass is 10.0. The number of hydrogen-bond donors (Lipinski definition) is 1. The molecular weight excluding hydrogens is 344 g/mol. The fourth-order valence-corrected chi connectivity index (χ4v) is 3.19. The third-order valence-electron chi connectivity index (χ3n) is 4.97. The molecule has 1 aliphatic rings. The van der Waals surface area contributed by atoms with Crippen LogP contribution in [0.15, 0.2) is 36.5 Å². The van der Waals surface area contributed by atoms with E-state index in [9.17, 15) is 4.79 Å². The molecule has 1 N–H and O–H groups in total. The summed E-state index contributed by atoms with van der Waals surface area (Å²) >= 11 is 0. The van der Waals surface area contributed by atoms with Crippen molar-refractivity contribution in [2.75, 3.05) is 19.7 Å². The number of nitrogens with zero attached hydrogens (tertiary/aromatic N) is 3. The monoisotopic (exact) mass is 366 g/mol. The first-order chi connectivity index (χ1) is 13.1. The molecule has 0 aliphatic carbocycles. The maximum Gasteiger partial charge on any atom is 0.410 e. The maximum absolute atomic E-state index is 12.5. The van der Waals surface area contributed by atoms with E-state index in [2.05, 4.69) is 27.9 Å². The average Bonchev–Trinajstić information content (AvgIpc) is 3.13. The molecule has 2 aromatic heterocycles. The first-order valence-corrected chi connectivity index (χ1v) is 9.01. The smallest absolute Gasteiger partial charge is 0.410 e. The third kappa shape index (κ3) is 3.64. The molecule has 1 atom stereocenters. The Morgan fingerprint density at radius 1 is 1.33 bits per heavy atom. The highest BCUT2D eigenvalue weighted by atomic mass is 16.6. The highest BCUT2D eigenvalue weighted by molar-refractivity contribution is 5.70. The first-order valence-electron chi connectivity index (χ1n) is 9.01. The van der Waals surface area contributed by atoms with Gasteiger partial charge in [0.25, 0.3) is 0 Å². The van der Waals surface area contributed by atoms with Gasteiger partial charge in [0.05, 0.1) is 13.2 Å². The van der Waals surface area contributed by atoms with E-state index in [1.807, 2.05) is 31.2 Å². The summed E-state index contributed by atoms with van der Waals surface area (Å²) < 4.78 is 11.3. The van der Waals surface area contributed by atoms with Gasteiger partial charge in [0.15, 0.2) is 5.65 Å². The molecule has 1 aliphatic heterocycles. The number of H-pyrrole nitrogens is 1. The molecule has 27 heavy (non-hydrogen) atoms. The summed E-state index contributed by atoms with van der Waals surface area (Å²) in [6.45, 7) is 5.69. The SMILES string of the molecule is Cc1cccc(COC(=O)N2CCO[C@H](c3nc4cccnc4[nH]3)C2)c1C. The van der Waals surface area contributed by atoms with Crippen molar-refractivity contribution in [1.29, 1.82) is 0 Å². The van der Waals surface area contributed by atoms with Gasteiger partial charge >= 0.3 is 6.09 Å². The standard InChI is InChI=1S/C20H22N4O3/c1-13-5-3-6-15(14(13)2)12-27-20(25)24-9-10-26-17(11-24)19-22-16-7-4-8-21-18(16)23-19/h3-8,17H,9-12H2,1-2H3,(H,21,22,23)/t17-/m0/s1. The van der Waals surface area contributed by atoms with E-state index < -0.39 is 0 Å². The summed E-state index contributed by atoms with van der Waals surface area (Å²) in [5, 5.41) is 0. The van der Waals surface area contributed by atoms with Gasteiger partial charge in [-0.25, -0.2) is 14.8 Å². The number of aromatic amines is 1. The van der Waals surface area contributed by atoms with Gasteiger partial charge in [-0.15, -0.1) is 0 Å². The molecular formula is C20H22N4O3. The van der Waals surface area contributed by atoms with Crippen LogP contribution in [0.5, 0.6) is 0 Å². The van der Waals surface area contributed by atoms with Crippen LogP contribution >= 0.6 is 0 Å². The van der Waals surface area contributed by atoms with Crippen molar-refractivity contribution < 1.29 is 14.3 Å². The van der Waals surface area contributed by atoms with Crippen LogP contribution in [-0.2, 0) is 16.1 Å². The van der Waals surface area contributed by atoms with E-state index in [1.54, 1.807) is 11.1 Å². The van der Waals surface area contributed by atoms with E-state index in [1.165, 1.54) is 5.56 Å². The number of rotatable bonds is 3. The largest absolute Gasteiger partial charge is 0.445 e. The molecule has 140 valence electrons. The highest BCUT2D eigenvalue weighted by Gasteiger charge is 2.28. The van der Waals surface area contributed by atoms with Gasteiger partial charge in [0.2, 0.25) is 0 Å². The topological polar surface area (TPSA) is 80.3 Å². The van der Waals surface area contributed by atoms with E-state index in [-0.39, 0.29) is 18.8 Å². The lowest BCUT2D eigenvalue weighted by Crippen LogP contribution is -2.42. The molecule has 1 saturated heterocycles. The van der Waals surface area contributed by atoms with E-state index in [4.69, 9.17) is 9.47 Å². The van der Waals surface area contributed by atoms with Crippen LogP contribution in [0.2, 0.25) is 0 Å². The summed E-state index contributed by atoms with van der Waals surface area (Å²) in [4.78, 5) is 26.1. The summed E-state index contributed by atoms with van der Waals surface area (Å²) in [7, 11) is 0. The number of amides is 1. The molecule has 4 rings (SSSR count). The molecule has 0 spiro atoms. The number of benzene rings is 1. The number of pyridine rings is 1. The molecule has 3 aromatic rings. The van der Waals surface area contributed by atoms with Crippen LogP contribution in [0, 0.1) is 13.8 Å². The van der Waals surface area contributed by atoms with Gasteiger partial charge in [0, 0.05) is 12.7 Å². The molecule has 7 nitrogen and oxygen atoms in total. The number of morpholine rings is 1. The molecule has 3 heterocycles. The Hall–Kier alpha value is -2.93. The summed E-state index contributed by atoms with van der Waals surface area (Å²) in [5.74, 6) is 0.677. The van der Waals surface area contributed by atoms with E-state index in [0.717, 1.165) is 16.6 Å². The quantitative estimate of drug-likeness (QED) is 0.769. The molecule has 0 bridgehead atoms. The maximum atomic E-state index is 12.5. The Kier molecular flexibility index (Phi) is 4.77. The van der Waals surface area contributed by atoms with Gasteiger partial charge in [0.1, 0.15) is 24.1 Å². The van der Waals surface area contributed by atoms with Gasteiger partial charge in [-0.3, -0.25) is 0 Å².